The number of amides is 1. The van der Waals surface area contributed by atoms with Gasteiger partial charge in [0.15, 0.2) is 0 Å². The highest BCUT2D eigenvalue weighted by atomic mass is 16.2. The minimum absolute atomic E-state index is 0.210. The summed E-state index contributed by atoms with van der Waals surface area (Å²) in [6, 6.07) is 0.363. The second-order valence-electron chi connectivity index (χ2n) is 4.46. The Balaban J connectivity index is 2.50. The van der Waals surface area contributed by atoms with Gasteiger partial charge < -0.3 is 4.90 Å². The van der Waals surface area contributed by atoms with Crippen molar-refractivity contribution in [2.24, 2.45) is 5.92 Å². The van der Waals surface area contributed by atoms with Gasteiger partial charge in [-0.3, -0.25) is 10.1 Å². The van der Waals surface area contributed by atoms with Gasteiger partial charge in [0.1, 0.15) is 0 Å². The average molecular weight is 198 g/mol. The van der Waals surface area contributed by atoms with Crippen molar-refractivity contribution < 1.29 is 4.79 Å². The molecule has 0 radical (unpaired) electrons. The van der Waals surface area contributed by atoms with E-state index in [-0.39, 0.29) is 12.1 Å². The van der Waals surface area contributed by atoms with Gasteiger partial charge in [-0.25, -0.2) is 0 Å². The Bertz CT molecular complexity index is 205. The molecule has 3 nitrogen and oxygen atoms in total. The van der Waals surface area contributed by atoms with Crippen LogP contribution in [0.4, 0.5) is 0 Å². The van der Waals surface area contributed by atoms with E-state index >= 15 is 0 Å². The lowest BCUT2D eigenvalue weighted by molar-refractivity contribution is -0.129. The summed E-state index contributed by atoms with van der Waals surface area (Å²) in [6.45, 7) is 9.15. The summed E-state index contributed by atoms with van der Waals surface area (Å²) in [5.74, 6) is 0.943. The van der Waals surface area contributed by atoms with Gasteiger partial charge in [-0.15, -0.1) is 0 Å². The van der Waals surface area contributed by atoms with Gasteiger partial charge in [0.2, 0.25) is 5.91 Å². The minimum Gasteiger partial charge on any atom is -0.324 e. The van der Waals surface area contributed by atoms with Crippen LogP contribution >= 0.6 is 0 Å². The Labute approximate surface area is 86.9 Å². The van der Waals surface area contributed by atoms with Gasteiger partial charge in [-0.2, -0.15) is 0 Å². The van der Waals surface area contributed by atoms with Crippen molar-refractivity contribution in [1.82, 2.24) is 10.2 Å². The van der Waals surface area contributed by atoms with Gasteiger partial charge in [-0.05, 0) is 26.2 Å². The van der Waals surface area contributed by atoms with E-state index in [4.69, 9.17) is 0 Å². The quantitative estimate of drug-likeness (QED) is 0.744. The van der Waals surface area contributed by atoms with Crippen molar-refractivity contribution in [3.63, 3.8) is 0 Å². The Kier molecular flexibility index (Phi) is 3.93. The van der Waals surface area contributed by atoms with Gasteiger partial charge in [0.25, 0.3) is 0 Å². The standard InChI is InChI=1S/C11H22N2O/c1-5-8(2)6-9(3)13-10(4)12-7-11(13)14/h8-10,12H,5-7H2,1-4H3. The maximum atomic E-state index is 11.6. The van der Waals surface area contributed by atoms with Crippen LogP contribution in [0, 0.1) is 5.92 Å². The van der Waals surface area contributed by atoms with Gasteiger partial charge in [0.05, 0.1) is 12.7 Å². The highest BCUT2D eigenvalue weighted by Crippen LogP contribution is 2.18. The first-order valence-corrected chi connectivity index (χ1v) is 5.60. The van der Waals surface area contributed by atoms with Crippen LogP contribution in [0.5, 0.6) is 0 Å². The zero-order valence-electron chi connectivity index (χ0n) is 9.71. The lowest BCUT2D eigenvalue weighted by Crippen LogP contribution is -2.42. The third-order valence-corrected chi connectivity index (χ3v) is 3.17. The molecule has 3 atom stereocenters. The van der Waals surface area contributed by atoms with E-state index in [0.717, 1.165) is 6.42 Å². The fourth-order valence-corrected chi connectivity index (χ4v) is 2.13. The lowest BCUT2D eigenvalue weighted by atomic mass is 9.99. The topological polar surface area (TPSA) is 32.3 Å². The molecule has 3 heteroatoms. The van der Waals surface area contributed by atoms with Crippen LogP contribution in [-0.2, 0) is 4.79 Å². The van der Waals surface area contributed by atoms with E-state index in [2.05, 4.69) is 33.0 Å². The molecule has 1 N–H and O–H groups in total. The maximum Gasteiger partial charge on any atom is 0.238 e. The number of rotatable bonds is 4. The Morgan fingerprint density at radius 3 is 2.64 bits per heavy atom. The summed E-state index contributed by atoms with van der Waals surface area (Å²) in [5, 5.41) is 3.17. The molecule has 1 fully saturated rings. The molecular formula is C11H22N2O. The van der Waals surface area contributed by atoms with Crippen molar-refractivity contribution >= 4 is 5.91 Å². The largest absolute Gasteiger partial charge is 0.324 e. The van der Waals surface area contributed by atoms with Gasteiger partial charge in [-0.1, -0.05) is 20.3 Å². The maximum absolute atomic E-state index is 11.6. The van der Waals surface area contributed by atoms with Crippen molar-refractivity contribution in [3.05, 3.63) is 0 Å². The fourth-order valence-electron chi connectivity index (χ4n) is 2.13. The third-order valence-electron chi connectivity index (χ3n) is 3.17. The summed E-state index contributed by atoms with van der Waals surface area (Å²) in [6.07, 6.45) is 2.50. The number of hydrogen-bond donors (Lipinski definition) is 1. The van der Waals surface area contributed by atoms with E-state index < -0.39 is 0 Å². The third kappa shape index (κ3) is 2.47. The van der Waals surface area contributed by atoms with E-state index in [1.807, 2.05) is 4.90 Å². The van der Waals surface area contributed by atoms with Crippen molar-refractivity contribution in [3.8, 4) is 0 Å². The van der Waals surface area contributed by atoms with E-state index in [1.165, 1.54) is 6.42 Å². The van der Waals surface area contributed by atoms with E-state index in [1.54, 1.807) is 0 Å². The van der Waals surface area contributed by atoms with Crippen molar-refractivity contribution in [2.45, 2.75) is 52.7 Å². The molecule has 0 aliphatic carbocycles. The van der Waals surface area contributed by atoms with Crippen LogP contribution in [-0.4, -0.2) is 29.6 Å². The number of hydrogen-bond acceptors (Lipinski definition) is 2. The first-order chi connectivity index (χ1) is 6.56. The molecule has 0 aromatic rings. The van der Waals surface area contributed by atoms with Crippen molar-refractivity contribution in [1.29, 1.82) is 0 Å². The highest BCUT2D eigenvalue weighted by Gasteiger charge is 2.31. The molecule has 1 saturated heterocycles. The Morgan fingerprint density at radius 1 is 1.57 bits per heavy atom. The van der Waals surface area contributed by atoms with Crippen molar-refractivity contribution in [2.75, 3.05) is 6.54 Å². The molecule has 0 spiro atoms. The second-order valence-corrected chi connectivity index (χ2v) is 4.46. The molecule has 3 unspecified atom stereocenters. The van der Waals surface area contributed by atoms with Crippen LogP contribution in [0.3, 0.4) is 0 Å². The molecule has 14 heavy (non-hydrogen) atoms. The molecule has 1 rings (SSSR count). The molecule has 0 saturated carbocycles. The highest BCUT2D eigenvalue weighted by molar-refractivity contribution is 5.80. The zero-order valence-corrected chi connectivity index (χ0v) is 9.71. The molecular weight excluding hydrogens is 176 g/mol. The summed E-state index contributed by atoms with van der Waals surface area (Å²) in [4.78, 5) is 13.5. The van der Waals surface area contributed by atoms with Gasteiger partial charge in [0, 0.05) is 6.04 Å². The number of nitrogens with zero attached hydrogens (tertiary/aromatic N) is 1. The molecule has 0 aromatic heterocycles. The van der Waals surface area contributed by atoms with E-state index in [9.17, 15) is 4.79 Å². The molecule has 1 aliphatic heterocycles. The average Bonchev–Trinajstić information content (AvgIpc) is 2.46. The van der Waals surface area contributed by atoms with E-state index in [0.29, 0.717) is 18.5 Å². The summed E-state index contributed by atoms with van der Waals surface area (Å²) in [7, 11) is 0. The monoisotopic (exact) mass is 198 g/mol. The SMILES string of the molecule is CCC(C)CC(C)N1C(=O)CNC1C. The van der Waals surface area contributed by atoms with Crippen LogP contribution in [0.25, 0.3) is 0 Å². The molecule has 0 bridgehead atoms. The summed E-state index contributed by atoms with van der Waals surface area (Å²) >= 11 is 0. The Morgan fingerprint density at radius 2 is 2.21 bits per heavy atom. The van der Waals surface area contributed by atoms with Crippen LogP contribution in [0.15, 0.2) is 0 Å². The second kappa shape index (κ2) is 4.78. The molecule has 82 valence electrons. The predicted octanol–water partition coefficient (Wildman–Crippen LogP) is 1.59. The van der Waals surface area contributed by atoms with Crippen LogP contribution < -0.4 is 5.32 Å². The normalized spacial score (nSPS) is 26.7. The number of carbonyl (C=O) groups is 1. The number of carbonyl (C=O) groups excluding carboxylic acids is 1. The lowest BCUT2D eigenvalue weighted by Gasteiger charge is -2.29. The molecule has 1 amide bonds. The summed E-state index contributed by atoms with van der Waals surface area (Å²) < 4.78 is 0. The number of nitrogens with one attached hydrogen (secondary N) is 1. The zero-order chi connectivity index (χ0) is 10.7. The molecule has 1 aliphatic rings. The molecule has 0 aromatic carbocycles. The Hall–Kier alpha value is -0.570. The van der Waals surface area contributed by atoms with Crippen LogP contribution in [0.1, 0.15) is 40.5 Å². The van der Waals surface area contributed by atoms with Gasteiger partial charge >= 0.3 is 0 Å². The fraction of sp³-hybridized carbons (Fsp3) is 0.909. The summed E-state index contributed by atoms with van der Waals surface area (Å²) in [5.41, 5.74) is 0. The smallest absolute Gasteiger partial charge is 0.238 e. The first-order valence-electron chi connectivity index (χ1n) is 5.60. The first kappa shape index (κ1) is 11.5. The predicted molar refractivity (Wildman–Crippen MR) is 57.8 cm³/mol. The van der Waals surface area contributed by atoms with Crippen LogP contribution in [0.2, 0.25) is 0 Å². The molecule has 1 heterocycles. The minimum atomic E-state index is 0.210.